The predicted octanol–water partition coefficient (Wildman–Crippen LogP) is 2.34. The highest BCUT2D eigenvalue weighted by Crippen LogP contribution is 2.26. The fourth-order valence-corrected chi connectivity index (χ4v) is 2.26. The van der Waals surface area contributed by atoms with Crippen LogP contribution in [0, 0.1) is 12.3 Å². The van der Waals surface area contributed by atoms with Crippen LogP contribution >= 0.6 is 0 Å². The van der Waals surface area contributed by atoms with Gasteiger partial charge in [-0.25, -0.2) is 0 Å². The summed E-state index contributed by atoms with van der Waals surface area (Å²) in [4.78, 5) is 12.1. The molecule has 0 aliphatic heterocycles. The molecule has 0 spiro atoms. The van der Waals surface area contributed by atoms with Crippen LogP contribution < -0.4 is 5.32 Å². The van der Waals surface area contributed by atoms with E-state index in [1.165, 1.54) is 0 Å². The molecular weight excluding hydrogens is 280 g/mol. The molecule has 1 amide bonds. The number of aliphatic hydroxyl groups excluding tert-OH is 1. The fraction of sp³-hybridized carbons (Fsp3) is 0.412. The van der Waals surface area contributed by atoms with Gasteiger partial charge in [0.1, 0.15) is 0 Å². The highest BCUT2D eigenvalue weighted by molar-refractivity contribution is 5.91. The summed E-state index contributed by atoms with van der Waals surface area (Å²) in [5, 5.41) is 16.7. The van der Waals surface area contributed by atoms with Crippen LogP contribution in [0.25, 0.3) is 0 Å². The molecule has 1 heterocycles. The van der Waals surface area contributed by atoms with Crippen LogP contribution in [0.4, 0.5) is 0 Å². The van der Waals surface area contributed by atoms with Gasteiger partial charge < -0.3 is 14.9 Å². The second-order valence-corrected chi connectivity index (χ2v) is 6.01. The molecule has 2 aromatic rings. The molecule has 0 aliphatic carbocycles. The van der Waals surface area contributed by atoms with Crippen molar-refractivity contribution in [2.75, 3.05) is 6.54 Å². The number of rotatable bonds is 6. The van der Waals surface area contributed by atoms with Crippen molar-refractivity contribution in [1.29, 1.82) is 0 Å². The summed E-state index contributed by atoms with van der Waals surface area (Å²) in [7, 11) is 0. The number of carbonyl (C=O) groups is 1. The van der Waals surface area contributed by atoms with Crippen LogP contribution in [0.3, 0.4) is 0 Å². The van der Waals surface area contributed by atoms with E-state index in [-0.39, 0.29) is 11.7 Å². The average molecular weight is 302 g/mol. The van der Waals surface area contributed by atoms with Gasteiger partial charge in [0.15, 0.2) is 0 Å². The number of aryl methyl sites for hydroxylation is 1. The number of nitrogens with zero attached hydrogens (tertiary/aromatic N) is 1. The van der Waals surface area contributed by atoms with Crippen LogP contribution in [0.15, 0.2) is 40.9 Å². The number of aromatic nitrogens is 1. The molecule has 22 heavy (non-hydrogen) atoms. The van der Waals surface area contributed by atoms with E-state index in [0.29, 0.717) is 18.7 Å². The summed E-state index contributed by atoms with van der Waals surface area (Å²) in [5.41, 5.74) is 1.31. The maximum Gasteiger partial charge on any atom is 0.289 e. The second kappa shape index (κ2) is 6.75. The van der Waals surface area contributed by atoms with Gasteiger partial charge in [0, 0.05) is 18.0 Å². The molecule has 5 nitrogen and oxygen atoms in total. The third kappa shape index (κ3) is 3.95. The lowest BCUT2D eigenvalue weighted by Gasteiger charge is -2.33. The van der Waals surface area contributed by atoms with Crippen molar-refractivity contribution in [1.82, 2.24) is 10.5 Å². The van der Waals surface area contributed by atoms with Gasteiger partial charge in [-0.1, -0.05) is 42.4 Å². The Morgan fingerprint density at radius 1 is 1.41 bits per heavy atom. The zero-order valence-corrected chi connectivity index (χ0v) is 13.2. The van der Waals surface area contributed by atoms with E-state index in [4.69, 9.17) is 4.52 Å². The van der Waals surface area contributed by atoms with Gasteiger partial charge in [0.25, 0.3) is 5.91 Å². The first-order chi connectivity index (χ1) is 10.4. The van der Waals surface area contributed by atoms with E-state index in [1.54, 1.807) is 19.9 Å². The Bertz CT molecular complexity index is 622. The molecule has 0 saturated carbocycles. The maximum absolute atomic E-state index is 12.1. The third-order valence-corrected chi connectivity index (χ3v) is 3.96. The standard InChI is InChI=1S/C17H22N2O3/c1-12-9-15(22-19-12)16(21)18-11-17(3,13(2)20)10-14-7-5-4-6-8-14/h4-9,13,20H,10-11H2,1-3H3,(H,18,21)/t13-,17-/m1/s1. The van der Waals surface area contributed by atoms with Gasteiger partial charge in [0.05, 0.1) is 11.8 Å². The van der Waals surface area contributed by atoms with Crippen LogP contribution in [0.1, 0.15) is 35.7 Å². The third-order valence-electron chi connectivity index (χ3n) is 3.96. The van der Waals surface area contributed by atoms with Gasteiger partial charge in [-0.3, -0.25) is 4.79 Å². The Morgan fingerprint density at radius 2 is 2.09 bits per heavy atom. The highest BCUT2D eigenvalue weighted by atomic mass is 16.5. The molecule has 2 N–H and O–H groups in total. The van der Waals surface area contributed by atoms with E-state index in [9.17, 15) is 9.90 Å². The minimum absolute atomic E-state index is 0.185. The van der Waals surface area contributed by atoms with Crippen LogP contribution in [0.5, 0.6) is 0 Å². The topological polar surface area (TPSA) is 75.4 Å². The zero-order chi connectivity index (χ0) is 16.2. The smallest absolute Gasteiger partial charge is 0.289 e. The van der Waals surface area contributed by atoms with Gasteiger partial charge in [-0.05, 0) is 25.8 Å². The lowest BCUT2D eigenvalue weighted by Crippen LogP contribution is -2.43. The number of nitrogens with one attached hydrogen (secondary N) is 1. The number of carbonyl (C=O) groups excluding carboxylic acids is 1. The monoisotopic (exact) mass is 302 g/mol. The molecule has 0 unspecified atom stereocenters. The summed E-state index contributed by atoms with van der Waals surface area (Å²) >= 11 is 0. The molecule has 2 rings (SSSR count). The number of amides is 1. The molecule has 1 aromatic heterocycles. The van der Waals surface area contributed by atoms with Crippen LogP contribution in [0.2, 0.25) is 0 Å². The summed E-state index contributed by atoms with van der Waals surface area (Å²) in [6.07, 6.45) is 0.103. The lowest BCUT2D eigenvalue weighted by molar-refractivity contribution is 0.0493. The van der Waals surface area contributed by atoms with Crippen molar-refractivity contribution in [3.05, 3.63) is 53.4 Å². The quantitative estimate of drug-likeness (QED) is 0.859. The van der Waals surface area contributed by atoms with Gasteiger partial charge in [-0.15, -0.1) is 0 Å². The molecule has 5 heteroatoms. The van der Waals surface area contributed by atoms with Gasteiger partial charge >= 0.3 is 0 Å². The molecule has 0 bridgehead atoms. The SMILES string of the molecule is Cc1cc(C(=O)NC[C@@](C)(Cc2ccccc2)[C@@H](C)O)on1. The first-order valence-electron chi connectivity index (χ1n) is 7.34. The Morgan fingerprint density at radius 3 is 2.64 bits per heavy atom. The Balaban J connectivity index is 2.03. The fourth-order valence-electron chi connectivity index (χ4n) is 2.26. The van der Waals surface area contributed by atoms with E-state index < -0.39 is 11.5 Å². The average Bonchev–Trinajstić information content (AvgIpc) is 2.92. The first kappa shape index (κ1) is 16.2. The molecule has 0 aliphatic rings. The molecule has 118 valence electrons. The Hall–Kier alpha value is -2.14. The van der Waals surface area contributed by atoms with Gasteiger partial charge in [0.2, 0.25) is 5.76 Å². The molecule has 0 fully saturated rings. The maximum atomic E-state index is 12.1. The predicted molar refractivity (Wildman–Crippen MR) is 83.5 cm³/mol. The van der Waals surface area contributed by atoms with Crippen molar-refractivity contribution in [2.45, 2.75) is 33.3 Å². The minimum atomic E-state index is -0.565. The molecule has 2 atom stereocenters. The first-order valence-corrected chi connectivity index (χ1v) is 7.34. The van der Waals surface area contributed by atoms with Crippen LogP contribution in [-0.2, 0) is 6.42 Å². The molecule has 0 radical (unpaired) electrons. The van der Waals surface area contributed by atoms with E-state index >= 15 is 0 Å². The zero-order valence-electron chi connectivity index (χ0n) is 13.2. The van der Waals surface area contributed by atoms with Crippen molar-refractivity contribution in [3.63, 3.8) is 0 Å². The van der Waals surface area contributed by atoms with Crippen LogP contribution in [-0.4, -0.2) is 28.8 Å². The van der Waals surface area contributed by atoms with Gasteiger partial charge in [-0.2, -0.15) is 0 Å². The largest absolute Gasteiger partial charge is 0.393 e. The number of aliphatic hydroxyl groups is 1. The van der Waals surface area contributed by atoms with E-state index in [1.807, 2.05) is 37.3 Å². The molecule has 0 saturated heterocycles. The molecular formula is C17H22N2O3. The second-order valence-electron chi connectivity index (χ2n) is 6.01. The number of hydrogen-bond donors (Lipinski definition) is 2. The highest BCUT2D eigenvalue weighted by Gasteiger charge is 2.31. The summed E-state index contributed by atoms with van der Waals surface area (Å²) in [5.74, 6) is -0.134. The van der Waals surface area contributed by atoms with E-state index in [0.717, 1.165) is 5.56 Å². The van der Waals surface area contributed by atoms with Crippen molar-refractivity contribution in [2.24, 2.45) is 5.41 Å². The summed E-state index contributed by atoms with van der Waals surface area (Å²) in [6, 6.07) is 11.5. The Kier molecular flexibility index (Phi) is 4.98. The number of benzene rings is 1. The van der Waals surface area contributed by atoms with Crippen molar-refractivity contribution < 1.29 is 14.4 Å². The number of hydrogen-bond acceptors (Lipinski definition) is 4. The summed E-state index contributed by atoms with van der Waals surface area (Å²) < 4.78 is 4.95. The normalized spacial score (nSPS) is 15.1. The minimum Gasteiger partial charge on any atom is -0.393 e. The van der Waals surface area contributed by atoms with Crippen molar-refractivity contribution >= 4 is 5.91 Å². The lowest BCUT2D eigenvalue weighted by atomic mass is 9.79. The van der Waals surface area contributed by atoms with Crippen molar-refractivity contribution in [3.8, 4) is 0 Å². The van der Waals surface area contributed by atoms with E-state index in [2.05, 4.69) is 10.5 Å². The Labute approximate surface area is 130 Å². The summed E-state index contributed by atoms with van der Waals surface area (Å²) in [6.45, 7) is 5.80. The molecule has 1 aromatic carbocycles.